The second-order valence-electron chi connectivity index (χ2n) is 6.16. The molecule has 0 N–H and O–H groups in total. The first-order chi connectivity index (χ1) is 13.3. The summed E-state index contributed by atoms with van der Waals surface area (Å²) < 4.78 is 11.0. The SMILES string of the molecule is COc1cccc(C=CCC=Cc2ccc(OCc3ccccc3)cc2)c1. The van der Waals surface area contributed by atoms with Crippen LogP contribution in [0.5, 0.6) is 11.5 Å². The predicted octanol–water partition coefficient (Wildman–Crippen LogP) is 6.39. The maximum absolute atomic E-state index is 5.81. The third kappa shape index (κ3) is 6.19. The molecule has 3 aromatic carbocycles. The summed E-state index contributed by atoms with van der Waals surface area (Å²) in [5, 5.41) is 0. The Labute approximate surface area is 161 Å². The third-order valence-corrected chi connectivity index (χ3v) is 4.11. The van der Waals surface area contributed by atoms with Gasteiger partial charge < -0.3 is 9.47 Å². The maximum Gasteiger partial charge on any atom is 0.119 e. The smallest absolute Gasteiger partial charge is 0.119 e. The van der Waals surface area contributed by atoms with Crippen LogP contribution >= 0.6 is 0 Å². The summed E-state index contributed by atoms with van der Waals surface area (Å²) >= 11 is 0. The van der Waals surface area contributed by atoms with Crippen LogP contribution in [0.25, 0.3) is 12.2 Å². The molecule has 2 heteroatoms. The molecule has 2 nitrogen and oxygen atoms in total. The largest absolute Gasteiger partial charge is 0.497 e. The summed E-state index contributed by atoms with van der Waals surface area (Å²) in [6.45, 7) is 0.588. The lowest BCUT2D eigenvalue weighted by atomic mass is 10.1. The molecule has 0 fully saturated rings. The monoisotopic (exact) mass is 356 g/mol. The molecule has 0 aliphatic rings. The van der Waals surface area contributed by atoms with Gasteiger partial charge in [0.15, 0.2) is 0 Å². The lowest BCUT2D eigenvalue weighted by molar-refractivity contribution is 0.306. The fourth-order valence-corrected chi connectivity index (χ4v) is 2.65. The van der Waals surface area contributed by atoms with Crippen LogP contribution in [0, 0.1) is 0 Å². The Balaban J connectivity index is 1.46. The Morgan fingerprint density at radius 3 is 2.19 bits per heavy atom. The van der Waals surface area contributed by atoms with Gasteiger partial charge in [0.1, 0.15) is 18.1 Å². The Morgan fingerprint density at radius 2 is 1.44 bits per heavy atom. The Bertz CT molecular complexity index is 878. The average Bonchev–Trinajstić information content (AvgIpc) is 2.74. The molecule has 0 unspecified atom stereocenters. The first-order valence-electron chi connectivity index (χ1n) is 9.07. The lowest BCUT2D eigenvalue weighted by Gasteiger charge is -2.06. The normalized spacial score (nSPS) is 11.1. The van der Waals surface area contributed by atoms with Crippen LogP contribution in [0.3, 0.4) is 0 Å². The number of methoxy groups -OCH3 is 1. The van der Waals surface area contributed by atoms with Crippen molar-refractivity contribution in [2.24, 2.45) is 0 Å². The zero-order chi connectivity index (χ0) is 18.7. The Morgan fingerprint density at radius 1 is 0.704 bits per heavy atom. The molecule has 0 spiro atoms. The summed E-state index contributed by atoms with van der Waals surface area (Å²) in [6.07, 6.45) is 9.40. The molecule has 3 rings (SSSR count). The zero-order valence-corrected chi connectivity index (χ0v) is 15.5. The third-order valence-electron chi connectivity index (χ3n) is 4.11. The lowest BCUT2D eigenvalue weighted by Crippen LogP contribution is -1.94. The number of allylic oxidation sites excluding steroid dienone is 2. The first kappa shape index (κ1) is 18.5. The van der Waals surface area contributed by atoms with Crippen molar-refractivity contribution in [2.75, 3.05) is 7.11 Å². The van der Waals surface area contributed by atoms with Crippen LogP contribution in [0.2, 0.25) is 0 Å². The average molecular weight is 356 g/mol. The molecule has 0 saturated heterocycles. The molecule has 0 aliphatic heterocycles. The van der Waals surface area contributed by atoms with Gasteiger partial charge in [-0.05, 0) is 47.4 Å². The predicted molar refractivity (Wildman–Crippen MR) is 113 cm³/mol. The Kier molecular flexibility index (Phi) is 6.88. The summed E-state index contributed by atoms with van der Waals surface area (Å²) in [4.78, 5) is 0. The van der Waals surface area contributed by atoms with Gasteiger partial charge in [0, 0.05) is 0 Å². The van der Waals surface area contributed by atoms with Crippen molar-refractivity contribution >= 4 is 12.2 Å². The van der Waals surface area contributed by atoms with Crippen LogP contribution in [0.15, 0.2) is 91.0 Å². The Hall–Kier alpha value is -3.26. The molecular weight excluding hydrogens is 332 g/mol. The molecule has 27 heavy (non-hydrogen) atoms. The second kappa shape index (κ2) is 10.0. The maximum atomic E-state index is 5.81. The van der Waals surface area contributed by atoms with Gasteiger partial charge in [-0.25, -0.2) is 0 Å². The molecule has 0 bridgehead atoms. The zero-order valence-electron chi connectivity index (χ0n) is 15.5. The van der Waals surface area contributed by atoms with Crippen molar-refractivity contribution in [1.82, 2.24) is 0 Å². The number of ether oxygens (including phenoxy) is 2. The van der Waals surface area contributed by atoms with Gasteiger partial charge in [0.2, 0.25) is 0 Å². The number of hydrogen-bond donors (Lipinski definition) is 0. The summed E-state index contributed by atoms with van der Waals surface area (Å²) in [5.41, 5.74) is 3.48. The van der Waals surface area contributed by atoms with E-state index in [1.54, 1.807) is 7.11 Å². The second-order valence-corrected chi connectivity index (χ2v) is 6.16. The topological polar surface area (TPSA) is 18.5 Å². The number of rotatable bonds is 8. The number of benzene rings is 3. The van der Waals surface area contributed by atoms with Crippen LogP contribution in [0.1, 0.15) is 23.1 Å². The highest BCUT2D eigenvalue weighted by atomic mass is 16.5. The van der Waals surface area contributed by atoms with E-state index in [0.717, 1.165) is 29.0 Å². The van der Waals surface area contributed by atoms with E-state index in [9.17, 15) is 0 Å². The van der Waals surface area contributed by atoms with Crippen molar-refractivity contribution in [3.05, 3.63) is 108 Å². The molecule has 0 aromatic heterocycles. The quantitative estimate of drug-likeness (QED) is 0.465. The van der Waals surface area contributed by atoms with E-state index >= 15 is 0 Å². The van der Waals surface area contributed by atoms with Crippen molar-refractivity contribution < 1.29 is 9.47 Å². The van der Waals surface area contributed by atoms with Crippen LogP contribution in [0.4, 0.5) is 0 Å². The first-order valence-corrected chi connectivity index (χ1v) is 9.07. The minimum Gasteiger partial charge on any atom is -0.497 e. The molecule has 0 atom stereocenters. The van der Waals surface area contributed by atoms with Crippen molar-refractivity contribution in [1.29, 1.82) is 0 Å². The highest BCUT2D eigenvalue weighted by Gasteiger charge is 1.95. The fraction of sp³-hybridized carbons (Fsp3) is 0.120. The molecule has 0 aliphatic carbocycles. The van der Waals surface area contributed by atoms with Crippen molar-refractivity contribution in [3.8, 4) is 11.5 Å². The molecule has 0 saturated carbocycles. The molecule has 0 heterocycles. The van der Waals surface area contributed by atoms with Crippen LogP contribution in [-0.2, 0) is 6.61 Å². The highest BCUT2D eigenvalue weighted by Crippen LogP contribution is 2.16. The van der Waals surface area contributed by atoms with Gasteiger partial charge in [-0.15, -0.1) is 0 Å². The van der Waals surface area contributed by atoms with Gasteiger partial charge in [0.25, 0.3) is 0 Å². The molecule has 3 aromatic rings. The summed E-state index contributed by atoms with van der Waals surface area (Å²) in [5.74, 6) is 1.76. The van der Waals surface area contributed by atoms with Gasteiger partial charge >= 0.3 is 0 Å². The van der Waals surface area contributed by atoms with Gasteiger partial charge in [-0.1, -0.05) is 78.9 Å². The fourth-order valence-electron chi connectivity index (χ4n) is 2.65. The van der Waals surface area contributed by atoms with E-state index in [-0.39, 0.29) is 0 Å². The van der Waals surface area contributed by atoms with Crippen LogP contribution < -0.4 is 9.47 Å². The van der Waals surface area contributed by atoms with Gasteiger partial charge in [-0.2, -0.15) is 0 Å². The van der Waals surface area contributed by atoms with E-state index in [4.69, 9.17) is 9.47 Å². The van der Waals surface area contributed by atoms with E-state index in [0.29, 0.717) is 6.61 Å². The van der Waals surface area contributed by atoms with Gasteiger partial charge in [0.05, 0.1) is 7.11 Å². The van der Waals surface area contributed by atoms with Crippen LogP contribution in [-0.4, -0.2) is 7.11 Å². The molecule has 0 amide bonds. The van der Waals surface area contributed by atoms with E-state index in [1.807, 2.05) is 48.5 Å². The standard InChI is InChI=1S/C25H24O2/c1-26-25-14-8-13-22(19-25)10-5-2-4-9-21-15-17-24(18-16-21)27-20-23-11-6-3-7-12-23/h3-19H,2,20H2,1H3. The summed E-state index contributed by atoms with van der Waals surface area (Å²) in [7, 11) is 1.68. The van der Waals surface area contributed by atoms with E-state index in [2.05, 4.69) is 54.6 Å². The molecular formula is C25H24O2. The minimum absolute atomic E-state index is 0.588. The number of hydrogen-bond acceptors (Lipinski definition) is 2. The van der Waals surface area contributed by atoms with Crippen molar-refractivity contribution in [2.45, 2.75) is 13.0 Å². The van der Waals surface area contributed by atoms with E-state index < -0.39 is 0 Å². The van der Waals surface area contributed by atoms with E-state index in [1.165, 1.54) is 5.56 Å². The molecule has 136 valence electrons. The van der Waals surface area contributed by atoms with Gasteiger partial charge in [-0.3, -0.25) is 0 Å². The highest BCUT2D eigenvalue weighted by molar-refractivity contribution is 5.54. The van der Waals surface area contributed by atoms with Crippen molar-refractivity contribution in [3.63, 3.8) is 0 Å². The molecule has 0 radical (unpaired) electrons. The summed E-state index contributed by atoms with van der Waals surface area (Å²) in [6, 6.07) is 26.4. The minimum atomic E-state index is 0.588.